The van der Waals surface area contributed by atoms with Gasteiger partial charge in [-0.25, -0.2) is 0 Å². The summed E-state index contributed by atoms with van der Waals surface area (Å²) in [5.41, 5.74) is 8.09. The van der Waals surface area contributed by atoms with Crippen molar-refractivity contribution in [3.05, 3.63) is 71.8 Å². The van der Waals surface area contributed by atoms with Crippen molar-refractivity contribution in [1.82, 2.24) is 9.80 Å². The first kappa shape index (κ1) is 24.4. The molecule has 2 rings (SSSR count). The van der Waals surface area contributed by atoms with Crippen molar-refractivity contribution >= 4 is 30.7 Å². The molecule has 0 saturated heterocycles. The molecule has 1 amide bonds. The number of rotatable bonds is 8. The summed E-state index contributed by atoms with van der Waals surface area (Å²) in [4.78, 5) is 16.5. The number of halogens is 2. The molecule has 0 aromatic heterocycles. The van der Waals surface area contributed by atoms with E-state index in [1.807, 2.05) is 50.4 Å². The van der Waals surface area contributed by atoms with Crippen LogP contribution in [0.2, 0.25) is 0 Å². The van der Waals surface area contributed by atoms with Crippen LogP contribution in [0.1, 0.15) is 18.1 Å². The minimum Gasteiger partial charge on any atom is -0.341 e. The van der Waals surface area contributed by atoms with Crippen molar-refractivity contribution in [3.8, 4) is 0 Å². The Labute approximate surface area is 169 Å². The van der Waals surface area contributed by atoms with Gasteiger partial charge in [-0.1, -0.05) is 60.7 Å². The third kappa shape index (κ3) is 7.75. The summed E-state index contributed by atoms with van der Waals surface area (Å²) in [5.74, 6) is 0.0970. The topological polar surface area (TPSA) is 49.6 Å². The Morgan fingerprint density at radius 2 is 1.35 bits per heavy atom. The number of nitrogens with zero attached hydrogens (tertiary/aromatic N) is 2. The molecule has 0 spiro atoms. The molecule has 2 aromatic carbocycles. The van der Waals surface area contributed by atoms with E-state index in [9.17, 15) is 4.79 Å². The standard InChI is InChI=1S/C20H27N3O.2ClH/c1-17(13-21)22(2)20(24)16-23(14-18-9-5-3-6-10-18)15-19-11-7-4-8-12-19;;/h3-12,17H,13-16,21H2,1-2H3;2*1H. The maximum Gasteiger partial charge on any atom is 0.236 e. The Balaban J connectivity index is 0.00000312. The summed E-state index contributed by atoms with van der Waals surface area (Å²) in [7, 11) is 1.82. The number of amides is 1. The molecule has 1 unspecified atom stereocenters. The van der Waals surface area contributed by atoms with E-state index in [0.717, 1.165) is 13.1 Å². The number of carbonyl (C=O) groups is 1. The van der Waals surface area contributed by atoms with Crippen LogP contribution in [0.5, 0.6) is 0 Å². The molecule has 144 valence electrons. The zero-order valence-electron chi connectivity index (χ0n) is 15.4. The second-order valence-electron chi connectivity index (χ2n) is 6.21. The molecule has 2 aromatic rings. The summed E-state index contributed by atoms with van der Waals surface area (Å²) in [6.07, 6.45) is 0. The normalized spacial score (nSPS) is 11.2. The van der Waals surface area contributed by atoms with Crippen molar-refractivity contribution in [3.63, 3.8) is 0 Å². The maximum absolute atomic E-state index is 12.6. The van der Waals surface area contributed by atoms with E-state index < -0.39 is 0 Å². The van der Waals surface area contributed by atoms with E-state index in [0.29, 0.717) is 13.1 Å². The summed E-state index contributed by atoms with van der Waals surface area (Å²) >= 11 is 0. The molecule has 0 aliphatic carbocycles. The summed E-state index contributed by atoms with van der Waals surface area (Å²) in [6, 6.07) is 20.5. The molecule has 0 bridgehead atoms. The van der Waals surface area contributed by atoms with Gasteiger partial charge < -0.3 is 10.6 Å². The number of likely N-dealkylation sites (N-methyl/N-ethyl adjacent to an activating group) is 1. The van der Waals surface area contributed by atoms with Crippen molar-refractivity contribution in [1.29, 1.82) is 0 Å². The van der Waals surface area contributed by atoms with Crippen LogP contribution >= 0.6 is 24.8 Å². The molecule has 0 fully saturated rings. The van der Waals surface area contributed by atoms with Gasteiger partial charge in [0.05, 0.1) is 6.54 Å². The second kappa shape index (κ2) is 12.7. The van der Waals surface area contributed by atoms with Crippen molar-refractivity contribution in [2.45, 2.75) is 26.1 Å². The van der Waals surface area contributed by atoms with Gasteiger partial charge >= 0.3 is 0 Å². The lowest BCUT2D eigenvalue weighted by atomic mass is 10.1. The van der Waals surface area contributed by atoms with E-state index in [2.05, 4.69) is 29.2 Å². The molecule has 6 heteroatoms. The molecule has 0 saturated carbocycles. The largest absolute Gasteiger partial charge is 0.341 e. The van der Waals surface area contributed by atoms with E-state index in [-0.39, 0.29) is 36.8 Å². The fraction of sp³-hybridized carbons (Fsp3) is 0.350. The van der Waals surface area contributed by atoms with Gasteiger partial charge in [-0.3, -0.25) is 9.69 Å². The molecular formula is C20H29Cl2N3O. The number of carbonyl (C=O) groups excluding carboxylic acids is 1. The van der Waals surface area contributed by atoms with Crippen LogP contribution in [0.4, 0.5) is 0 Å². The lowest BCUT2D eigenvalue weighted by molar-refractivity contribution is -0.133. The van der Waals surface area contributed by atoms with Gasteiger partial charge in [0.15, 0.2) is 0 Å². The number of hydrogen-bond acceptors (Lipinski definition) is 3. The molecule has 0 heterocycles. The SMILES string of the molecule is CC(CN)N(C)C(=O)CN(Cc1ccccc1)Cc1ccccc1.Cl.Cl. The van der Waals surface area contributed by atoms with Crippen molar-refractivity contribution in [2.24, 2.45) is 5.73 Å². The van der Waals surface area contributed by atoms with E-state index >= 15 is 0 Å². The smallest absolute Gasteiger partial charge is 0.236 e. The zero-order valence-corrected chi connectivity index (χ0v) is 17.0. The van der Waals surface area contributed by atoms with Gasteiger partial charge in [0, 0.05) is 32.7 Å². The van der Waals surface area contributed by atoms with Crippen LogP contribution in [0.3, 0.4) is 0 Å². The number of hydrogen-bond donors (Lipinski definition) is 1. The first-order valence-electron chi connectivity index (χ1n) is 8.36. The first-order valence-corrected chi connectivity index (χ1v) is 8.36. The van der Waals surface area contributed by atoms with E-state index in [1.54, 1.807) is 4.90 Å². The average Bonchev–Trinajstić information content (AvgIpc) is 2.62. The van der Waals surface area contributed by atoms with Crippen LogP contribution in [-0.4, -0.2) is 41.9 Å². The Bertz CT molecular complexity index is 584. The predicted molar refractivity (Wildman–Crippen MR) is 113 cm³/mol. The number of nitrogens with two attached hydrogens (primary N) is 1. The molecule has 0 aliphatic rings. The highest BCUT2D eigenvalue weighted by Crippen LogP contribution is 2.11. The quantitative estimate of drug-likeness (QED) is 0.742. The van der Waals surface area contributed by atoms with E-state index in [4.69, 9.17) is 5.73 Å². The molecule has 4 nitrogen and oxygen atoms in total. The summed E-state index contributed by atoms with van der Waals surface area (Å²) in [6.45, 7) is 4.31. The third-order valence-electron chi connectivity index (χ3n) is 4.25. The Hall–Kier alpha value is -1.59. The van der Waals surface area contributed by atoms with Gasteiger partial charge in [-0.2, -0.15) is 0 Å². The highest BCUT2D eigenvalue weighted by atomic mass is 35.5. The highest BCUT2D eigenvalue weighted by Gasteiger charge is 2.18. The van der Waals surface area contributed by atoms with E-state index in [1.165, 1.54) is 11.1 Å². The van der Waals surface area contributed by atoms with Crippen LogP contribution in [-0.2, 0) is 17.9 Å². The van der Waals surface area contributed by atoms with Gasteiger partial charge in [0.1, 0.15) is 0 Å². The van der Waals surface area contributed by atoms with Crippen molar-refractivity contribution < 1.29 is 4.79 Å². The van der Waals surface area contributed by atoms with Gasteiger partial charge in [-0.15, -0.1) is 24.8 Å². The van der Waals surface area contributed by atoms with Gasteiger partial charge in [0.25, 0.3) is 0 Å². The summed E-state index contributed by atoms with van der Waals surface area (Å²) < 4.78 is 0. The Kier molecular flexibility index (Phi) is 11.9. The first-order chi connectivity index (χ1) is 11.6. The lowest BCUT2D eigenvalue weighted by Crippen LogP contribution is -2.44. The molecule has 0 radical (unpaired) electrons. The monoisotopic (exact) mass is 397 g/mol. The fourth-order valence-electron chi connectivity index (χ4n) is 2.56. The minimum atomic E-state index is 0. The average molecular weight is 398 g/mol. The lowest BCUT2D eigenvalue weighted by Gasteiger charge is -2.28. The zero-order chi connectivity index (χ0) is 17.4. The molecular weight excluding hydrogens is 369 g/mol. The second-order valence-corrected chi connectivity index (χ2v) is 6.21. The van der Waals surface area contributed by atoms with Crippen LogP contribution in [0, 0.1) is 0 Å². The fourth-order valence-corrected chi connectivity index (χ4v) is 2.56. The molecule has 26 heavy (non-hydrogen) atoms. The molecule has 2 N–H and O–H groups in total. The molecule has 0 aliphatic heterocycles. The van der Waals surface area contributed by atoms with Gasteiger partial charge in [-0.05, 0) is 18.1 Å². The molecule has 1 atom stereocenters. The van der Waals surface area contributed by atoms with Gasteiger partial charge in [0.2, 0.25) is 5.91 Å². The minimum absolute atomic E-state index is 0. The Morgan fingerprint density at radius 3 is 1.73 bits per heavy atom. The Morgan fingerprint density at radius 1 is 0.923 bits per heavy atom. The predicted octanol–water partition coefficient (Wildman–Crippen LogP) is 3.34. The number of benzene rings is 2. The highest BCUT2D eigenvalue weighted by molar-refractivity contribution is 5.85. The van der Waals surface area contributed by atoms with Crippen LogP contribution in [0.15, 0.2) is 60.7 Å². The van der Waals surface area contributed by atoms with Crippen LogP contribution < -0.4 is 5.73 Å². The van der Waals surface area contributed by atoms with Crippen molar-refractivity contribution in [2.75, 3.05) is 20.1 Å². The third-order valence-corrected chi connectivity index (χ3v) is 4.25. The van der Waals surface area contributed by atoms with Crippen LogP contribution in [0.25, 0.3) is 0 Å². The maximum atomic E-state index is 12.6. The summed E-state index contributed by atoms with van der Waals surface area (Å²) in [5, 5.41) is 0.